The minimum atomic E-state index is -3.65. The average molecular weight is 372 g/mol. The highest BCUT2D eigenvalue weighted by atomic mass is 32.2. The summed E-state index contributed by atoms with van der Waals surface area (Å²) in [4.78, 5) is 0.267. The second-order valence-electron chi connectivity index (χ2n) is 7.24. The summed E-state index contributed by atoms with van der Waals surface area (Å²) in [6, 6.07) is 11.7. The molecule has 0 bridgehead atoms. The summed E-state index contributed by atoms with van der Waals surface area (Å²) in [5.74, 6) is 0.447. The lowest BCUT2D eigenvalue weighted by atomic mass is 9.88. The van der Waals surface area contributed by atoms with Gasteiger partial charge in [-0.15, -0.1) is 0 Å². The van der Waals surface area contributed by atoms with Gasteiger partial charge in [0.05, 0.1) is 7.11 Å². The number of sulfonamides is 1. The average Bonchev–Trinajstić information content (AvgIpc) is 2.67. The third kappa shape index (κ3) is 3.26. The van der Waals surface area contributed by atoms with Gasteiger partial charge in [-0.05, 0) is 79.3 Å². The molecule has 0 saturated carbocycles. The molecule has 4 nitrogen and oxygen atoms in total. The fourth-order valence-corrected chi connectivity index (χ4v) is 5.69. The maximum absolute atomic E-state index is 13.2. The monoisotopic (exact) mass is 371 g/mol. The molecule has 2 aliphatic carbocycles. The second-order valence-corrected chi connectivity index (χ2v) is 8.93. The third-order valence-electron chi connectivity index (χ3n) is 5.58. The van der Waals surface area contributed by atoms with Gasteiger partial charge in [-0.3, -0.25) is 0 Å². The van der Waals surface area contributed by atoms with Crippen molar-refractivity contribution in [3.05, 3.63) is 58.7 Å². The van der Waals surface area contributed by atoms with E-state index in [4.69, 9.17) is 4.74 Å². The quantitative estimate of drug-likeness (QED) is 0.886. The van der Waals surface area contributed by atoms with Gasteiger partial charge in [0.2, 0.25) is 10.0 Å². The van der Waals surface area contributed by atoms with E-state index >= 15 is 0 Å². The van der Waals surface area contributed by atoms with E-state index in [0.717, 1.165) is 56.1 Å². The lowest BCUT2D eigenvalue weighted by Gasteiger charge is -2.27. The van der Waals surface area contributed by atoms with Gasteiger partial charge < -0.3 is 4.74 Å². The van der Waals surface area contributed by atoms with Crippen molar-refractivity contribution < 1.29 is 13.2 Å². The van der Waals surface area contributed by atoms with Gasteiger partial charge in [-0.25, -0.2) is 13.1 Å². The molecule has 0 aromatic heterocycles. The summed E-state index contributed by atoms with van der Waals surface area (Å²) in [5.41, 5.74) is 4.69. The molecule has 0 amide bonds. The van der Waals surface area contributed by atoms with Crippen molar-refractivity contribution in [2.75, 3.05) is 7.11 Å². The fraction of sp³-hybridized carbons (Fsp3) is 0.429. The Bertz CT molecular complexity index is 921. The molecule has 4 rings (SSSR count). The van der Waals surface area contributed by atoms with Gasteiger partial charge in [0.25, 0.3) is 0 Å². The largest absolute Gasteiger partial charge is 0.495 e. The number of rotatable bonds is 4. The Morgan fingerprint density at radius 3 is 2.42 bits per heavy atom. The molecule has 5 heteroatoms. The first-order chi connectivity index (χ1) is 12.6. The van der Waals surface area contributed by atoms with Gasteiger partial charge in [0, 0.05) is 6.04 Å². The Hall–Kier alpha value is -1.85. The van der Waals surface area contributed by atoms with E-state index in [1.165, 1.54) is 11.1 Å². The molecule has 0 fully saturated rings. The number of ether oxygens (including phenoxy) is 1. The van der Waals surface area contributed by atoms with E-state index in [1.807, 2.05) is 30.3 Å². The predicted molar refractivity (Wildman–Crippen MR) is 102 cm³/mol. The Kier molecular flexibility index (Phi) is 4.76. The van der Waals surface area contributed by atoms with E-state index in [2.05, 4.69) is 10.8 Å². The predicted octanol–water partition coefficient (Wildman–Crippen LogP) is 3.93. The maximum atomic E-state index is 13.2. The minimum Gasteiger partial charge on any atom is -0.495 e. The molecular weight excluding hydrogens is 346 g/mol. The Morgan fingerprint density at radius 2 is 1.65 bits per heavy atom. The number of aryl methyl sites for hydroxylation is 3. The van der Waals surface area contributed by atoms with Crippen molar-refractivity contribution >= 4 is 10.0 Å². The highest BCUT2D eigenvalue weighted by Gasteiger charge is 2.28. The van der Waals surface area contributed by atoms with Crippen molar-refractivity contribution in [1.82, 2.24) is 4.72 Å². The van der Waals surface area contributed by atoms with E-state index in [0.29, 0.717) is 5.75 Å². The van der Waals surface area contributed by atoms with Crippen molar-refractivity contribution in [3.63, 3.8) is 0 Å². The summed E-state index contributed by atoms with van der Waals surface area (Å²) in [6.45, 7) is 0. The van der Waals surface area contributed by atoms with E-state index < -0.39 is 10.0 Å². The molecule has 0 heterocycles. The normalized spacial score (nSPS) is 19.5. The summed E-state index contributed by atoms with van der Waals surface area (Å²) >= 11 is 0. The number of hydrogen-bond acceptors (Lipinski definition) is 3. The smallest absolute Gasteiger partial charge is 0.244 e. The first-order valence-corrected chi connectivity index (χ1v) is 10.9. The molecule has 1 unspecified atom stereocenters. The number of nitrogens with one attached hydrogen (secondary N) is 1. The molecular formula is C21H25NO3S. The topological polar surface area (TPSA) is 55.4 Å². The molecule has 2 aliphatic rings. The zero-order chi connectivity index (χ0) is 18.1. The van der Waals surface area contributed by atoms with Crippen LogP contribution >= 0.6 is 0 Å². The summed E-state index contributed by atoms with van der Waals surface area (Å²) in [6.07, 6.45) is 7.02. The summed E-state index contributed by atoms with van der Waals surface area (Å²) < 4.78 is 34.7. The number of hydrogen-bond donors (Lipinski definition) is 1. The van der Waals surface area contributed by atoms with Crippen LogP contribution in [-0.2, 0) is 29.3 Å². The second kappa shape index (κ2) is 7.05. The molecule has 2 aromatic carbocycles. The lowest BCUT2D eigenvalue weighted by Crippen LogP contribution is -2.31. The Labute approximate surface area is 155 Å². The van der Waals surface area contributed by atoms with Crippen LogP contribution in [-0.4, -0.2) is 15.5 Å². The first-order valence-electron chi connectivity index (χ1n) is 9.38. The van der Waals surface area contributed by atoms with Crippen LogP contribution in [0.15, 0.2) is 41.3 Å². The van der Waals surface area contributed by atoms with Crippen LogP contribution in [0.5, 0.6) is 5.75 Å². The van der Waals surface area contributed by atoms with Gasteiger partial charge in [-0.1, -0.05) is 24.3 Å². The van der Waals surface area contributed by atoms with Crippen molar-refractivity contribution in [2.45, 2.75) is 55.9 Å². The lowest BCUT2D eigenvalue weighted by molar-refractivity contribution is 0.400. The summed E-state index contributed by atoms with van der Waals surface area (Å²) in [7, 11) is -2.11. The SMILES string of the molecule is COc1cc2c(cc1S(=O)(=O)NC1CCCc3ccccc31)CCCC2. The molecule has 0 spiro atoms. The molecule has 1 N–H and O–H groups in total. The molecule has 1 atom stereocenters. The van der Waals surface area contributed by atoms with Crippen molar-refractivity contribution in [1.29, 1.82) is 0 Å². The van der Waals surface area contributed by atoms with E-state index in [1.54, 1.807) is 7.11 Å². The minimum absolute atomic E-state index is 0.175. The first kappa shape index (κ1) is 17.6. The Morgan fingerprint density at radius 1 is 0.962 bits per heavy atom. The van der Waals surface area contributed by atoms with Gasteiger partial charge in [0.1, 0.15) is 10.6 Å². The molecule has 0 aliphatic heterocycles. The fourth-order valence-electron chi connectivity index (χ4n) is 4.24. The van der Waals surface area contributed by atoms with Crippen LogP contribution in [0.3, 0.4) is 0 Å². The zero-order valence-electron chi connectivity index (χ0n) is 15.1. The highest BCUT2D eigenvalue weighted by molar-refractivity contribution is 7.89. The maximum Gasteiger partial charge on any atom is 0.244 e. The molecule has 2 aromatic rings. The molecule has 138 valence electrons. The standard InChI is InChI=1S/C21H25NO3S/c1-25-20-13-16-8-2-3-9-17(16)14-21(20)26(23,24)22-19-12-6-10-15-7-4-5-11-18(15)19/h4-5,7,11,13-14,19,22H,2-3,6,8-10,12H2,1H3. The molecule has 26 heavy (non-hydrogen) atoms. The highest BCUT2D eigenvalue weighted by Crippen LogP contribution is 2.35. The zero-order valence-corrected chi connectivity index (χ0v) is 15.9. The summed E-state index contributed by atoms with van der Waals surface area (Å²) in [5, 5.41) is 0. The number of fused-ring (bicyclic) bond motifs is 2. The Balaban J connectivity index is 1.70. The molecule has 0 saturated heterocycles. The van der Waals surface area contributed by atoms with E-state index in [9.17, 15) is 8.42 Å². The number of benzene rings is 2. The van der Waals surface area contributed by atoms with Crippen LogP contribution in [0.1, 0.15) is 54.0 Å². The van der Waals surface area contributed by atoms with E-state index in [-0.39, 0.29) is 10.9 Å². The van der Waals surface area contributed by atoms with Crippen LogP contribution in [0.2, 0.25) is 0 Å². The van der Waals surface area contributed by atoms with Gasteiger partial charge >= 0.3 is 0 Å². The van der Waals surface area contributed by atoms with Crippen LogP contribution in [0, 0.1) is 0 Å². The van der Waals surface area contributed by atoms with Crippen LogP contribution in [0.4, 0.5) is 0 Å². The van der Waals surface area contributed by atoms with Crippen LogP contribution < -0.4 is 9.46 Å². The van der Waals surface area contributed by atoms with Crippen molar-refractivity contribution in [2.24, 2.45) is 0 Å². The van der Waals surface area contributed by atoms with Gasteiger partial charge in [-0.2, -0.15) is 0 Å². The number of methoxy groups -OCH3 is 1. The third-order valence-corrected chi connectivity index (χ3v) is 7.08. The molecule has 0 radical (unpaired) electrons. The van der Waals surface area contributed by atoms with Crippen LogP contribution in [0.25, 0.3) is 0 Å². The van der Waals surface area contributed by atoms with Gasteiger partial charge in [0.15, 0.2) is 0 Å². The van der Waals surface area contributed by atoms with Crippen molar-refractivity contribution in [3.8, 4) is 5.75 Å².